The number of nitrogens with zero attached hydrogens (tertiary/aromatic N) is 1. The Balaban J connectivity index is 3.24. The minimum atomic E-state index is -3.35. The van der Waals surface area contributed by atoms with Crippen molar-refractivity contribution in [1.29, 1.82) is 0 Å². The van der Waals surface area contributed by atoms with Gasteiger partial charge in [-0.05, 0) is 31.5 Å². The van der Waals surface area contributed by atoms with E-state index in [1.54, 1.807) is 27.0 Å². The standard InChI is InChI=1S/C13H19NO4S/c1-9-5-6-11(19(4,17)18)7-12(9)13(16)14(3)10(2)8-15/h5-7,10,15H,8H2,1-4H3. The quantitative estimate of drug-likeness (QED) is 0.890. The predicted molar refractivity (Wildman–Crippen MR) is 72.9 cm³/mol. The van der Waals surface area contributed by atoms with E-state index in [0.29, 0.717) is 11.1 Å². The van der Waals surface area contributed by atoms with Gasteiger partial charge in [-0.3, -0.25) is 4.79 Å². The van der Waals surface area contributed by atoms with E-state index in [0.717, 1.165) is 6.26 Å². The summed E-state index contributed by atoms with van der Waals surface area (Å²) < 4.78 is 23.0. The largest absolute Gasteiger partial charge is 0.394 e. The summed E-state index contributed by atoms with van der Waals surface area (Å²) in [4.78, 5) is 13.8. The van der Waals surface area contributed by atoms with E-state index in [1.165, 1.54) is 17.0 Å². The molecular weight excluding hydrogens is 266 g/mol. The third kappa shape index (κ3) is 3.54. The van der Waals surface area contributed by atoms with E-state index < -0.39 is 9.84 Å². The highest BCUT2D eigenvalue weighted by molar-refractivity contribution is 7.90. The summed E-state index contributed by atoms with van der Waals surface area (Å²) in [5.41, 5.74) is 1.04. The lowest BCUT2D eigenvalue weighted by Gasteiger charge is -2.24. The number of aliphatic hydroxyl groups is 1. The molecule has 1 aromatic carbocycles. The molecule has 1 amide bonds. The van der Waals surface area contributed by atoms with Crippen LogP contribution in [-0.4, -0.2) is 50.3 Å². The Hall–Kier alpha value is -1.40. The Bertz CT molecular complexity index is 580. The normalized spacial score (nSPS) is 13.1. The van der Waals surface area contributed by atoms with E-state index in [9.17, 15) is 13.2 Å². The van der Waals surface area contributed by atoms with Gasteiger partial charge in [-0.15, -0.1) is 0 Å². The molecule has 5 nitrogen and oxygen atoms in total. The van der Waals surface area contributed by atoms with Gasteiger partial charge in [0.25, 0.3) is 5.91 Å². The molecule has 1 rings (SSSR count). The highest BCUT2D eigenvalue weighted by Gasteiger charge is 2.20. The number of benzene rings is 1. The molecule has 0 aromatic heterocycles. The fourth-order valence-electron chi connectivity index (χ4n) is 1.57. The monoisotopic (exact) mass is 285 g/mol. The lowest BCUT2D eigenvalue weighted by Crippen LogP contribution is -2.37. The average molecular weight is 285 g/mol. The highest BCUT2D eigenvalue weighted by Crippen LogP contribution is 2.17. The summed E-state index contributed by atoms with van der Waals surface area (Å²) in [6.45, 7) is 3.32. The predicted octanol–water partition coefficient (Wildman–Crippen LogP) is 0.851. The lowest BCUT2D eigenvalue weighted by atomic mass is 10.1. The number of amides is 1. The van der Waals surface area contributed by atoms with Gasteiger partial charge >= 0.3 is 0 Å². The minimum Gasteiger partial charge on any atom is -0.394 e. The van der Waals surface area contributed by atoms with E-state index >= 15 is 0 Å². The molecule has 0 radical (unpaired) electrons. The molecular formula is C13H19NO4S. The summed E-state index contributed by atoms with van der Waals surface area (Å²) in [7, 11) is -1.77. The smallest absolute Gasteiger partial charge is 0.254 e. The Kier molecular flexibility index (Phi) is 4.70. The first-order valence-corrected chi connectivity index (χ1v) is 7.76. The van der Waals surface area contributed by atoms with Crippen LogP contribution in [0.5, 0.6) is 0 Å². The second-order valence-corrected chi connectivity index (χ2v) is 6.71. The average Bonchev–Trinajstić information content (AvgIpc) is 2.35. The van der Waals surface area contributed by atoms with Crippen LogP contribution >= 0.6 is 0 Å². The summed E-state index contributed by atoms with van der Waals surface area (Å²) in [6.07, 6.45) is 1.10. The molecule has 0 aliphatic heterocycles. The molecule has 106 valence electrons. The minimum absolute atomic E-state index is 0.117. The van der Waals surface area contributed by atoms with Crippen LogP contribution in [0, 0.1) is 6.92 Å². The second kappa shape index (κ2) is 5.71. The van der Waals surface area contributed by atoms with Crippen molar-refractivity contribution in [3.8, 4) is 0 Å². The second-order valence-electron chi connectivity index (χ2n) is 4.70. The molecule has 0 heterocycles. The first kappa shape index (κ1) is 15.7. The van der Waals surface area contributed by atoms with Crippen molar-refractivity contribution in [2.75, 3.05) is 19.9 Å². The zero-order valence-electron chi connectivity index (χ0n) is 11.5. The number of hydrogen-bond acceptors (Lipinski definition) is 4. The van der Waals surface area contributed by atoms with Crippen molar-refractivity contribution in [3.63, 3.8) is 0 Å². The van der Waals surface area contributed by atoms with Crippen LogP contribution in [0.2, 0.25) is 0 Å². The Morgan fingerprint density at radius 1 is 1.42 bits per heavy atom. The maximum atomic E-state index is 12.3. The third-order valence-electron chi connectivity index (χ3n) is 3.11. The van der Waals surface area contributed by atoms with Crippen molar-refractivity contribution in [2.45, 2.75) is 24.8 Å². The molecule has 0 saturated carbocycles. The number of carbonyl (C=O) groups is 1. The number of sulfone groups is 1. The molecule has 0 saturated heterocycles. The van der Waals surface area contributed by atoms with Crippen LogP contribution < -0.4 is 0 Å². The van der Waals surface area contributed by atoms with E-state index in [-0.39, 0.29) is 23.5 Å². The molecule has 1 unspecified atom stereocenters. The van der Waals surface area contributed by atoms with Crippen LogP contribution in [0.15, 0.2) is 23.1 Å². The Morgan fingerprint density at radius 3 is 2.47 bits per heavy atom. The molecule has 0 aliphatic carbocycles. The molecule has 1 aromatic rings. The fourth-order valence-corrected chi connectivity index (χ4v) is 2.22. The van der Waals surface area contributed by atoms with Crippen molar-refractivity contribution in [2.24, 2.45) is 0 Å². The van der Waals surface area contributed by atoms with Crippen molar-refractivity contribution < 1.29 is 18.3 Å². The van der Waals surface area contributed by atoms with Gasteiger partial charge in [-0.25, -0.2) is 8.42 Å². The first-order valence-electron chi connectivity index (χ1n) is 5.87. The summed E-state index contributed by atoms with van der Waals surface area (Å²) in [5.74, 6) is -0.301. The van der Waals surface area contributed by atoms with E-state index in [2.05, 4.69) is 0 Å². The molecule has 1 atom stereocenters. The van der Waals surface area contributed by atoms with Gasteiger partial charge in [0.05, 0.1) is 17.5 Å². The Morgan fingerprint density at radius 2 is 2.00 bits per heavy atom. The number of hydrogen-bond donors (Lipinski definition) is 1. The zero-order valence-corrected chi connectivity index (χ0v) is 12.4. The van der Waals surface area contributed by atoms with Crippen LogP contribution in [0.1, 0.15) is 22.8 Å². The van der Waals surface area contributed by atoms with Gasteiger partial charge in [-0.1, -0.05) is 6.07 Å². The van der Waals surface area contributed by atoms with Crippen molar-refractivity contribution >= 4 is 15.7 Å². The fraction of sp³-hybridized carbons (Fsp3) is 0.462. The van der Waals surface area contributed by atoms with Gasteiger partial charge in [0.15, 0.2) is 9.84 Å². The summed E-state index contributed by atoms with van der Waals surface area (Å²) in [5, 5.41) is 9.06. The lowest BCUT2D eigenvalue weighted by molar-refractivity contribution is 0.0681. The van der Waals surface area contributed by atoms with Crippen molar-refractivity contribution in [3.05, 3.63) is 29.3 Å². The van der Waals surface area contributed by atoms with E-state index in [1.807, 2.05) is 0 Å². The zero-order chi connectivity index (χ0) is 14.8. The number of rotatable bonds is 4. The molecule has 0 bridgehead atoms. The van der Waals surface area contributed by atoms with E-state index in [4.69, 9.17) is 5.11 Å². The number of aliphatic hydroxyl groups excluding tert-OH is 1. The van der Waals surface area contributed by atoms with Crippen LogP contribution in [0.25, 0.3) is 0 Å². The molecule has 19 heavy (non-hydrogen) atoms. The van der Waals surface area contributed by atoms with Crippen molar-refractivity contribution in [1.82, 2.24) is 4.90 Å². The number of carbonyl (C=O) groups excluding carboxylic acids is 1. The molecule has 0 fully saturated rings. The summed E-state index contributed by atoms with van der Waals surface area (Å²) in [6, 6.07) is 4.15. The third-order valence-corrected chi connectivity index (χ3v) is 4.22. The number of aryl methyl sites for hydroxylation is 1. The van der Waals surface area contributed by atoms with Gasteiger partial charge in [0.1, 0.15) is 0 Å². The van der Waals surface area contributed by atoms with Gasteiger partial charge in [-0.2, -0.15) is 0 Å². The van der Waals surface area contributed by atoms with Crippen LogP contribution in [0.3, 0.4) is 0 Å². The van der Waals surface area contributed by atoms with Gasteiger partial charge in [0.2, 0.25) is 0 Å². The topological polar surface area (TPSA) is 74.7 Å². The molecule has 1 N–H and O–H groups in total. The summed E-state index contributed by atoms with van der Waals surface area (Å²) >= 11 is 0. The van der Waals surface area contributed by atoms with Gasteiger partial charge < -0.3 is 10.0 Å². The van der Waals surface area contributed by atoms with Crippen LogP contribution in [0.4, 0.5) is 0 Å². The first-order chi connectivity index (χ1) is 8.68. The highest BCUT2D eigenvalue weighted by atomic mass is 32.2. The maximum Gasteiger partial charge on any atom is 0.254 e. The number of likely N-dealkylation sites (N-methyl/N-ethyl adjacent to an activating group) is 1. The van der Waals surface area contributed by atoms with Crippen LogP contribution in [-0.2, 0) is 9.84 Å². The molecule has 6 heteroatoms. The molecule has 0 aliphatic rings. The maximum absolute atomic E-state index is 12.3. The molecule has 0 spiro atoms. The van der Waals surface area contributed by atoms with Gasteiger partial charge in [0, 0.05) is 18.9 Å². The SMILES string of the molecule is Cc1ccc(S(C)(=O)=O)cc1C(=O)N(C)C(C)CO. The Labute approximate surface area is 113 Å².